The number of rotatable bonds is 3. The van der Waals surface area contributed by atoms with Gasteiger partial charge in [-0.05, 0) is 12.3 Å². The van der Waals surface area contributed by atoms with Gasteiger partial charge in [-0.2, -0.15) is 0 Å². The molecule has 0 aromatic rings. The number of ether oxygens (including phenoxy) is 2. The summed E-state index contributed by atoms with van der Waals surface area (Å²) in [6.45, 7) is 1.54. The molecule has 14 heavy (non-hydrogen) atoms. The molecule has 0 aliphatic rings. The second-order valence-corrected chi connectivity index (χ2v) is 3.27. The average Bonchev–Trinajstić information content (AvgIpc) is 2.16. The van der Waals surface area contributed by atoms with Crippen molar-refractivity contribution in [3.8, 4) is 0 Å². The lowest BCUT2D eigenvalue weighted by Gasteiger charge is -2.02. The van der Waals surface area contributed by atoms with E-state index in [2.05, 4.69) is 9.47 Å². The lowest BCUT2D eigenvalue weighted by Crippen LogP contribution is -2.15. The first kappa shape index (κ1) is 12.7. The van der Waals surface area contributed by atoms with Crippen molar-refractivity contribution < 1.29 is 19.1 Å². The molecule has 0 aromatic carbocycles. The van der Waals surface area contributed by atoms with Crippen molar-refractivity contribution >= 4 is 28.7 Å². The van der Waals surface area contributed by atoms with E-state index in [1.165, 1.54) is 26.6 Å². The molecule has 0 rings (SSSR count). The summed E-state index contributed by atoms with van der Waals surface area (Å²) in [6.07, 6.45) is 0. The number of carbonyl (C=O) groups excluding carboxylic acids is 2. The van der Waals surface area contributed by atoms with Gasteiger partial charge in [0.1, 0.15) is 0 Å². The number of thioether (sulfide) groups is 1. The molecule has 0 spiro atoms. The molecule has 0 radical (unpaired) electrons. The zero-order chi connectivity index (χ0) is 11.1. The molecule has 0 aliphatic carbocycles. The van der Waals surface area contributed by atoms with Gasteiger partial charge in [0.2, 0.25) is 0 Å². The van der Waals surface area contributed by atoms with E-state index >= 15 is 0 Å². The van der Waals surface area contributed by atoms with Gasteiger partial charge in [-0.1, -0.05) is 11.8 Å². The van der Waals surface area contributed by atoms with E-state index < -0.39 is 11.9 Å². The predicted molar refractivity (Wildman–Crippen MR) is 53.1 cm³/mol. The Morgan fingerprint density at radius 1 is 1.21 bits per heavy atom. The van der Waals surface area contributed by atoms with Gasteiger partial charge in [-0.15, -0.1) is 0 Å². The van der Waals surface area contributed by atoms with Crippen LogP contribution in [0.1, 0.15) is 6.92 Å². The third-order valence-electron chi connectivity index (χ3n) is 1.16. The van der Waals surface area contributed by atoms with E-state index in [1.54, 1.807) is 0 Å². The Morgan fingerprint density at radius 3 is 1.93 bits per heavy atom. The van der Waals surface area contributed by atoms with Crippen LogP contribution in [0.2, 0.25) is 0 Å². The number of esters is 2. The quantitative estimate of drug-likeness (QED) is 0.190. The summed E-state index contributed by atoms with van der Waals surface area (Å²) in [5.74, 6) is -1.55. The number of hydrogen-bond donors (Lipinski definition) is 1. The van der Waals surface area contributed by atoms with Crippen LogP contribution in [0.15, 0.2) is 11.0 Å². The Kier molecular flexibility index (Phi) is 5.62. The first-order chi connectivity index (χ1) is 6.52. The molecule has 0 atom stereocenters. The molecule has 0 bridgehead atoms. The number of methoxy groups -OCH3 is 2. The predicted octanol–water partition coefficient (Wildman–Crippen LogP) is 0.947. The number of carbonyl (C=O) groups is 2. The topological polar surface area (TPSA) is 76.5 Å². The van der Waals surface area contributed by atoms with E-state index in [0.29, 0.717) is 0 Å². The van der Waals surface area contributed by atoms with Crippen LogP contribution in [0.5, 0.6) is 0 Å². The Balaban J connectivity index is 4.71. The molecular weight excluding hydrogens is 206 g/mol. The van der Waals surface area contributed by atoms with Crippen molar-refractivity contribution in [2.45, 2.75) is 6.92 Å². The van der Waals surface area contributed by atoms with Crippen molar-refractivity contribution in [1.29, 1.82) is 5.41 Å². The molecule has 0 aromatic heterocycles. The van der Waals surface area contributed by atoms with Gasteiger partial charge in [-0.3, -0.25) is 5.41 Å². The molecule has 6 heteroatoms. The van der Waals surface area contributed by atoms with Crippen LogP contribution in [0.3, 0.4) is 0 Å². The highest BCUT2D eigenvalue weighted by Crippen LogP contribution is 2.11. The molecule has 0 aliphatic heterocycles. The fraction of sp³-hybridized carbons (Fsp3) is 0.375. The van der Waals surface area contributed by atoms with Crippen molar-refractivity contribution in [2.75, 3.05) is 14.2 Å². The Morgan fingerprint density at radius 2 is 1.64 bits per heavy atom. The molecule has 0 saturated carbocycles. The second kappa shape index (κ2) is 6.20. The Hall–Kier alpha value is -1.30. The average molecular weight is 217 g/mol. The van der Waals surface area contributed by atoms with Gasteiger partial charge in [0, 0.05) is 0 Å². The standard InChI is InChI=1S/C8H11NO4S/c1-5(9)14-4-6(7(10)12-2)8(11)13-3/h4,9H,1-3H3. The Labute approximate surface area is 86.0 Å². The molecule has 0 saturated heterocycles. The molecule has 0 unspecified atom stereocenters. The van der Waals surface area contributed by atoms with Crippen molar-refractivity contribution in [1.82, 2.24) is 0 Å². The van der Waals surface area contributed by atoms with Crippen molar-refractivity contribution in [3.63, 3.8) is 0 Å². The fourth-order valence-electron chi connectivity index (χ4n) is 0.547. The van der Waals surface area contributed by atoms with Gasteiger partial charge in [0.25, 0.3) is 0 Å². The van der Waals surface area contributed by atoms with Gasteiger partial charge in [0.15, 0.2) is 5.57 Å². The largest absolute Gasteiger partial charge is 0.465 e. The van der Waals surface area contributed by atoms with E-state index in [4.69, 9.17) is 5.41 Å². The zero-order valence-electron chi connectivity index (χ0n) is 8.12. The summed E-state index contributed by atoms with van der Waals surface area (Å²) >= 11 is 0.946. The summed E-state index contributed by atoms with van der Waals surface area (Å²) in [7, 11) is 2.34. The van der Waals surface area contributed by atoms with E-state index in [-0.39, 0.29) is 10.6 Å². The molecule has 0 amide bonds. The molecular formula is C8H11NO4S. The van der Waals surface area contributed by atoms with Crippen LogP contribution in [0.25, 0.3) is 0 Å². The first-order valence-corrected chi connectivity index (χ1v) is 4.49. The van der Waals surface area contributed by atoms with Crippen molar-refractivity contribution in [3.05, 3.63) is 11.0 Å². The second-order valence-electron chi connectivity index (χ2n) is 2.19. The summed E-state index contributed by atoms with van der Waals surface area (Å²) in [6, 6.07) is 0. The van der Waals surface area contributed by atoms with Gasteiger partial charge < -0.3 is 9.47 Å². The van der Waals surface area contributed by atoms with Crippen LogP contribution in [0, 0.1) is 5.41 Å². The molecule has 0 heterocycles. The number of nitrogens with one attached hydrogen (secondary N) is 1. The van der Waals surface area contributed by atoms with Gasteiger partial charge in [-0.25, -0.2) is 9.59 Å². The SMILES string of the molecule is COC(=O)C(=CSC(C)=N)C(=O)OC. The highest BCUT2D eigenvalue weighted by Gasteiger charge is 2.19. The molecule has 5 nitrogen and oxygen atoms in total. The lowest BCUT2D eigenvalue weighted by atomic mass is 10.3. The third-order valence-corrected chi connectivity index (χ3v) is 1.87. The lowest BCUT2D eigenvalue weighted by molar-refractivity contribution is -0.144. The minimum atomic E-state index is -0.773. The number of hydrogen-bond acceptors (Lipinski definition) is 6. The van der Waals surface area contributed by atoms with Gasteiger partial charge in [0.05, 0.1) is 19.3 Å². The summed E-state index contributed by atoms with van der Waals surface area (Å²) in [5.41, 5.74) is -0.216. The molecule has 78 valence electrons. The van der Waals surface area contributed by atoms with Gasteiger partial charge >= 0.3 is 11.9 Å². The summed E-state index contributed by atoms with van der Waals surface area (Å²) in [5, 5.41) is 8.59. The Bertz CT molecular complexity index is 267. The highest BCUT2D eigenvalue weighted by atomic mass is 32.2. The van der Waals surface area contributed by atoms with Crippen LogP contribution in [-0.4, -0.2) is 31.2 Å². The zero-order valence-corrected chi connectivity index (χ0v) is 8.94. The van der Waals surface area contributed by atoms with E-state index in [0.717, 1.165) is 11.8 Å². The first-order valence-electron chi connectivity index (χ1n) is 3.61. The van der Waals surface area contributed by atoms with E-state index in [9.17, 15) is 9.59 Å². The summed E-state index contributed by atoms with van der Waals surface area (Å²) < 4.78 is 8.75. The third kappa shape index (κ3) is 4.08. The van der Waals surface area contributed by atoms with Crippen LogP contribution < -0.4 is 0 Å². The fourth-order valence-corrected chi connectivity index (χ4v) is 1.03. The van der Waals surface area contributed by atoms with E-state index in [1.807, 2.05) is 0 Å². The van der Waals surface area contributed by atoms with Crippen molar-refractivity contribution in [2.24, 2.45) is 0 Å². The maximum atomic E-state index is 11.0. The van der Waals surface area contributed by atoms with Crippen LogP contribution in [-0.2, 0) is 19.1 Å². The maximum Gasteiger partial charge on any atom is 0.345 e. The molecule has 0 fully saturated rings. The maximum absolute atomic E-state index is 11.0. The minimum Gasteiger partial charge on any atom is -0.465 e. The summed E-state index contributed by atoms with van der Waals surface area (Å²) in [4.78, 5) is 22.1. The normalized spacial score (nSPS) is 8.79. The monoisotopic (exact) mass is 217 g/mol. The highest BCUT2D eigenvalue weighted by molar-refractivity contribution is 8.16. The smallest absolute Gasteiger partial charge is 0.345 e. The van der Waals surface area contributed by atoms with Crippen LogP contribution in [0.4, 0.5) is 0 Å². The molecule has 1 N–H and O–H groups in total. The minimum absolute atomic E-state index is 0.216. The van der Waals surface area contributed by atoms with Crippen LogP contribution >= 0.6 is 11.8 Å².